The Kier molecular flexibility index (Phi) is 6.14. The normalized spacial score (nSPS) is 15.4. The molecule has 0 spiro atoms. The van der Waals surface area contributed by atoms with Gasteiger partial charge >= 0.3 is 5.97 Å². The summed E-state index contributed by atoms with van der Waals surface area (Å²) in [7, 11) is 2.16. The van der Waals surface area contributed by atoms with E-state index in [-0.39, 0.29) is 5.69 Å². The van der Waals surface area contributed by atoms with E-state index >= 15 is 0 Å². The highest BCUT2D eigenvalue weighted by molar-refractivity contribution is 5.84. The first kappa shape index (κ1) is 18.3. The molecule has 0 unspecified atom stereocenters. The first-order valence-electron chi connectivity index (χ1n) is 8.87. The van der Waals surface area contributed by atoms with Crippen molar-refractivity contribution in [3.05, 3.63) is 54.0 Å². The van der Waals surface area contributed by atoms with E-state index in [4.69, 9.17) is 5.11 Å². The molecule has 0 aliphatic carbocycles. The molecule has 3 rings (SSSR count). The van der Waals surface area contributed by atoms with E-state index in [1.807, 2.05) is 6.07 Å². The molecule has 1 aromatic heterocycles. The van der Waals surface area contributed by atoms with E-state index in [1.165, 1.54) is 11.8 Å². The number of nitrogens with zero attached hydrogens (tertiary/aromatic N) is 5. The van der Waals surface area contributed by atoms with Crippen LogP contribution in [0.2, 0.25) is 0 Å². The minimum absolute atomic E-state index is 0.0196. The lowest BCUT2D eigenvalue weighted by molar-refractivity contribution is 0.0690. The summed E-state index contributed by atoms with van der Waals surface area (Å²) in [5.74, 6) is -0.302. The van der Waals surface area contributed by atoms with Gasteiger partial charge in [0, 0.05) is 45.8 Å². The molecule has 1 N–H and O–H groups in total. The lowest BCUT2D eigenvalue weighted by atomic mass is 10.2. The van der Waals surface area contributed by atoms with Gasteiger partial charge in [-0.3, -0.25) is 4.90 Å². The lowest BCUT2D eigenvalue weighted by Crippen LogP contribution is -2.48. The van der Waals surface area contributed by atoms with Gasteiger partial charge in [0.05, 0.1) is 12.4 Å². The highest BCUT2D eigenvalue weighted by Crippen LogP contribution is 2.12. The zero-order valence-electron chi connectivity index (χ0n) is 15.1. The predicted molar refractivity (Wildman–Crippen MR) is 100 cm³/mol. The Morgan fingerprint density at radius 1 is 1.12 bits per heavy atom. The maximum absolute atomic E-state index is 10.8. The predicted octanol–water partition coefficient (Wildman–Crippen LogP) is 1.43. The third-order valence-electron chi connectivity index (χ3n) is 4.65. The maximum Gasteiger partial charge on any atom is 0.356 e. The van der Waals surface area contributed by atoms with Crippen molar-refractivity contribution in [2.45, 2.75) is 6.54 Å². The van der Waals surface area contributed by atoms with E-state index < -0.39 is 5.97 Å². The van der Waals surface area contributed by atoms with Crippen LogP contribution < -0.4 is 4.90 Å². The lowest BCUT2D eigenvalue weighted by Gasteiger charge is -2.35. The van der Waals surface area contributed by atoms with Crippen molar-refractivity contribution in [1.29, 1.82) is 0 Å². The van der Waals surface area contributed by atoms with Gasteiger partial charge in [-0.2, -0.15) is 0 Å². The van der Waals surface area contributed by atoms with Gasteiger partial charge in [-0.1, -0.05) is 30.3 Å². The van der Waals surface area contributed by atoms with Gasteiger partial charge in [0.25, 0.3) is 0 Å². The minimum atomic E-state index is -1.05. The number of anilines is 1. The third-order valence-corrected chi connectivity index (χ3v) is 4.65. The van der Waals surface area contributed by atoms with E-state index in [1.54, 1.807) is 6.20 Å². The number of carbonyl (C=O) groups is 1. The van der Waals surface area contributed by atoms with Crippen LogP contribution in [0.4, 0.5) is 5.82 Å². The van der Waals surface area contributed by atoms with Crippen molar-refractivity contribution >= 4 is 11.8 Å². The Labute approximate surface area is 153 Å². The number of aromatic nitrogens is 2. The van der Waals surface area contributed by atoms with E-state index in [0.29, 0.717) is 0 Å². The fraction of sp³-hybridized carbons (Fsp3) is 0.421. The fourth-order valence-electron chi connectivity index (χ4n) is 3.08. The van der Waals surface area contributed by atoms with Gasteiger partial charge in [-0.05, 0) is 12.6 Å². The van der Waals surface area contributed by atoms with Crippen molar-refractivity contribution in [3.8, 4) is 0 Å². The zero-order chi connectivity index (χ0) is 18.4. The molecule has 1 aromatic carbocycles. The van der Waals surface area contributed by atoms with Crippen molar-refractivity contribution in [2.24, 2.45) is 0 Å². The molecule has 0 saturated carbocycles. The molecule has 0 amide bonds. The molecule has 26 heavy (non-hydrogen) atoms. The molecule has 0 atom stereocenters. The first-order valence-corrected chi connectivity index (χ1v) is 8.87. The molecule has 1 fully saturated rings. The van der Waals surface area contributed by atoms with E-state index in [9.17, 15) is 4.79 Å². The van der Waals surface area contributed by atoms with Crippen molar-refractivity contribution in [1.82, 2.24) is 19.8 Å². The molecule has 1 aliphatic heterocycles. The number of aromatic carboxylic acids is 1. The average Bonchev–Trinajstić information content (AvgIpc) is 2.68. The molecule has 2 aromatic rings. The molecule has 138 valence electrons. The number of carboxylic acids is 1. The van der Waals surface area contributed by atoms with E-state index in [2.05, 4.69) is 56.0 Å². The molecular weight excluding hydrogens is 330 g/mol. The van der Waals surface area contributed by atoms with Gasteiger partial charge in [-0.15, -0.1) is 0 Å². The summed E-state index contributed by atoms with van der Waals surface area (Å²) in [4.78, 5) is 26.0. The highest BCUT2D eigenvalue weighted by Gasteiger charge is 2.19. The molecule has 0 radical (unpaired) electrons. The summed E-state index contributed by atoms with van der Waals surface area (Å²) in [5.41, 5.74) is 1.32. The third kappa shape index (κ3) is 5.00. The van der Waals surface area contributed by atoms with Crippen molar-refractivity contribution < 1.29 is 9.90 Å². The topological polar surface area (TPSA) is 72.8 Å². The standard InChI is InChI=1S/C19H25N5O2/c1-22(15-16-5-3-2-4-6-16)7-8-23-9-11-24(12-10-23)18-14-20-17(13-21-18)19(25)26/h2-6,13-14H,7-12,15H2,1H3,(H,25,26). The van der Waals surface area contributed by atoms with Gasteiger partial charge in [0.1, 0.15) is 5.82 Å². The van der Waals surface area contributed by atoms with Crippen LogP contribution in [0.5, 0.6) is 0 Å². The van der Waals surface area contributed by atoms with Gasteiger partial charge in [-0.25, -0.2) is 14.8 Å². The molecule has 7 nitrogen and oxygen atoms in total. The van der Waals surface area contributed by atoms with Crippen molar-refractivity contribution in [3.63, 3.8) is 0 Å². The monoisotopic (exact) mass is 355 g/mol. The zero-order valence-corrected chi connectivity index (χ0v) is 15.1. The molecule has 1 aliphatic rings. The van der Waals surface area contributed by atoms with Crippen LogP contribution in [0, 0.1) is 0 Å². The number of rotatable bonds is 7. The number of piperazine rings is 1. The molecular formula is C19H25N5O2. The number of hydrogen-bond donors (Lipinski definition) is 1. The Bertz CT molecular complexity index is 700. The van der Waals surface area contributed by atoms with Crippen molar-refractivity contribution in [2.75, 3.05) is 51.2 Å². The minimum Gasteiger partial charge on any atom is -0.476 e. The summed E-state index contributed by atoms with van der Waals surface area (Å²) >= 11 is 0. The summed E-state index contributed by atoms with van der Waals surface area (Å²) in [5, 5.41) is 8.89. The van der Waals surface area contributed by atoms with Crippen LogP contribution in [0.3, 0.4) is 0 Å². The van der Waals surface area contributed by atoms with Gasteiger partial charge in [0.15, 0.2) is 5.69 Å². The highest BCUT2D eigenvalue weighted by atomic mass is 16.4. The van der Waals surface area contributed by atoms with Crippen LogP contribution in [0.25, 0.3) is 0 Å². The second-order valence-electron chi connectivity index (χ2n) is 6.62. The Hall–Kier alpha value is -2.51. The maximum atomic E-state index is 10.8. The van der Waals surface area contributed by atoms with Crippen LogP contribution in [0.15, 0.2) is 42.7 Å². The van der Waals surface area contributed by atoms with Crippen LogP contribution in [-0.4, -0.2) is 77.2 Å². The summed E-state index contributed by atoms with van der Waals surface area (Å²) < 4.78 is 0. The molecule has 2 heterocycles. The fourth-order valence-corrected chi connectivity index (χ4v) is 3.08. The van der Waals surface area contributed by atoms with E-state index in [0.717, 1.165) is 51.6 Å². The number of benzene rings is 1. The smallest absolute Gasteiger partial charge is 0.356 e. The molecule has 1 saturated heterocycles. The first-order chi connectivity index (χ1) is 12.6. The Balaban J connectivity index is 1.41. The Morgan fingerprint density at radius 3 is 2.46 bits per heavy atom. The van der Waals surface area contributed by atoms with Gasteiger partial charge < -0.3 is 14.9 Å². The number of carboxylic acid groups (broad SMARTS) is 1. The summed E-state index contributed by atoms with van der Waals surface area (Å²) in [6, 6.07) is 10.5. The van der Waals surface area contributed by atoms with Crippen LogP contribution in [-0.2, 0) is 6.54 Å². The van der Waals surface area contributed by atoms with Crippen LogP contribution >= 0.6 is 0 Å². The second kappa shape index (κ2) is 8.73. The van der Waals surface area contributed by atoms with Gasteiger partial charge in [0.2, 0.25) is 0 Å². The number of hydrogen-bond acceptors (Lipinski definition) is 6. The average molecular weight is 355 g/mol. The Morgan fingerprint density at radius 2 is 1.85 bits per heavy atom. The summed E-state index contributed by atoms with van der Waals surface area (Å²) in [6.07, 6.45) is 2.87. The summed E-state index contributed by atoms with van der Waals surface area (Å²) in [6.45, 7) is 6.74. The SMILES string of the molecule is CN(CCN1CCN(c2cnc(C(=O)O)cn2)CC1)Cc1ccccc1. The molecule has 7 heteroatoms. The molecule has 0 bridgehead atoms. The number of likely N-dealkylation sites (N-methyl/N-ethyl adjacent to an activating group) is 1. The quantitative estimate of drug-likeness (QED) is 0.805. The second-order valence-corrected chi connectivity index (χ2v) is 6.62. The van der Waals surface area contributed by atoms with Crippen LogP contribution in [0.1, 0.15) is 16.1 Å². The largest absolute Gasteiger partial charge is 0.476 e.